The molecule has 29 heavy (non-hydrogen) atoms. The van der Waals surface area contributed by atoms with Gasteiger partial charge >= 0.3 is 0 Å². The lowest BCUT2D eigenvalue weighted by atomic mass is 10.0. The normalized spacial score (nSPS) is 21.3. The van der Waals surface area contributed by atoms with Crippen molar-refractivity contribution in [1.82, 2.24) is 14.9 Å². The molecule has 2 unspecified atom stereocenters. The van der Waals surface area contributed by atoms with Crippen molar-refractivity contribution >= 4 is 21.7 Å². The number of anilines is 2. The zero-order chi connectivity index (χ0) is 20.6. The average Bonchev–Trinajstić information content (AvgIpc) is 3.04. The second kappa shape index (κ2) is 7.89. The van der Waals surface area contributed by atoms with Crippen LogP contribution in [0.3, 0.4) is 0 Å². The van der Waals surface area contributed by atoms with E-state index < -0.39 is 16.1 Å². The summed E-state index contributed by atoms with van der Waals surface area (Å²) in [5, 5.41) is 10.8. The Bertz CT molecular complexity index is 961. The minimum atomic E-state index is -3.30. The highest BCUT2D eigenvalue weighted by molar-refractivity contribution is 7.92. The summed E-state index contributed by atoms with van der Waals surface area (Å²) in [5.41, 5.74) is 2.54. The van der Waals surface area contributed by atoms with Crippen LogP contribution >= 0.6 is 0 Å². The summed E-state index contributed by atoms with van der Waals surface area (Å²) in [6.45, 7) is 5.77. The van der Waals surface area contributed by atoms with Gasteiger partial charge in [-0.25, -0.2) is 18.4 Å². The highest BCUT2D eigenvalue weighted by Crippen LogP contribution is 2.35. The van der Waals surface area contributed by atoms with Crippen LogP contribution in [0.15, 0.2) is 36.7 Å². The van der Waals surface area contributed by atoms with Gasteiger partial charge in [0.05, 0.1) is 18.0 Å². The number of aliphatic hydroxyl groups excluding tert-OH is 1. The van der Waals surface area contributed by atoms with E-state index in [4.69, 9.17) is 0 Å². The van der Waals surface area contributed by atoms with Crippen molar-refractivity contribution in [2.75, 3.05) is 48.2 Å². The molecule has 0 aliphatic carbocycles. The standard InChI is InChI=1S/C20H27N5O3S/c1-15-12-17-13-16(4-5-18(17)25(15)29(2,27)28)19(26)14-23-8-10-24(11-9-23)20-21-6-3-7-22-20/h3-7,13,15,19,26H,8-12,14H2,1-2H3. The molecule has 0 spiro atoms. The van der Waals surface area contributed by atoms with E-state index in [1.54, 1.807) is 12.4 Å². The molecule has 1 N–H and O–H groups in total. The number of aromatic nitrogens is 2. The van der Waals surface area contributed by atoms with Crippen LogP contribution < -0.4 is 9.21 Å². The van der Waals surface area contributed by atoms with Crippen LogP contribution in [-0.4, -0.2) is 73.4 Å². The third-order valence-corrected chi connectivity index (χ3v) is 6.91. The molecular weight excluding hydrogens is 390 g/mol. The lowest BCUT2D eigenvalue weighted by molar-refractivity contribution is 0.109. The van der Waals surface area contributed by atoms with Gasteiger partial charge in [-0.3, -0.25) is 9.21 Å². The minimum Gasteiger partial charge on any atom is -0.387 e. The molecule has 156 valence electrons. The van der Waals surface area contributed by atoms with Gasteiger partial charge in [-0.1, -0.05) is 12.1 Å². The van der Waals surface area contributed by atoms with E-state index >= 15 is 0 Å². The zero-order valence-corrected chi connectivity index (χ0v) is 17.6. The summed E-state index contributed by atoms with van der Waals surface area (Å²) in [4.78, 5) is 13.0. The number of β-amino-alcohol motifs (C(OH)–C–C–N with tert-alkyl or cyclic N) is 1. The third kappa shape index (κ3) is 4.22. The molecule has 4 rings (SSSR count). The molecule has 0 amide bonds. The third-order valence-electron chi connectivity index (χ3n) is 5.64. The van der Waals surface area contributed by atoms with Crippen LogP contribution in [0.5, 0.6) is 0 Å². The van der Waals surface area contributed by atoms with Crippen LogP contribution in [0.4, 0.5) is 11.6 Å². The summed E-state index contributed by atoms with van der Waals surface area (Å²) < 4.78 is 25.6. The minimum absolute atomic E-state index is 0.0966. The van der Waals surface area contributed by atoms with E-state index in [1.807, 2.05) is 31.2 Å². The highest BCUT2D eigenvalue weighted by Gasteiger charge is 2.33. The number of piperazine rings is 1. The van der Waals surface area contributed by atoms with Gasteiger partial charge in [-0.05, 0) is 36.6 Å². The van der Waals surface area contributed by atoms with Gasteiger partial charge in [0.2, 0.25) is 16.0 Å². The first-order valence-corrected chi connectivity index (χ1v) is 11.7. The molecular formula is C20H27N5O3S. The fourth-order valence-corrected chi connectivity index (χ4v) is 5.53. The fraction of sp³-hybridized carbons (Fsp3) is 0.500. The monoisotopic (exact) mass is 417 g/mol. The van der Waals surface area contributed by atoms with Crippen LogP contribution in [-0.2, 0) is 16.4 Å². The number of rotatable bonds is 5. The van der Waals surface area contributed by atoms with E-state index in [1.165, 1.54) is 10.6 Å². The van der Waals surface area contributed by atoms with Crippen molar-refractivity contribution < 1.29 is 13.5 Å². The summed E-state index contributed by atoms with van der Waals surface area (Å²) in [6, 6.07) is 7.33. The van der Waals surface area contributed by atoms with Crippen molar-refractivity contribution in [3.63, 3.8) is 0 Å². The molecule has 1 aromatic carbocycles. The number of hydrogen-bond acceptors (Lipinski definition) is 7. The lowest BCUT2D eigenvalue weighted by Crippen LogP contribution is -2.48. The van der Waals surface area contributed by atoms with E-state index in [0.29, 0.717) is 13.0 Å². The lowest BCUT2D eigenvalue weighted by Gasteiger charge is -2.35. The Morgan fingerprint density at radius 3 is 2.52 bits per heavy atom. The SMILES string of the molecule is CC1Cc2cc(C(O)CN3CCN(c4ncccn4)CC3)ccc2N1S(C)(=O)=O. The van der Waals surface area contributed by atoms with Gasteiger partial charge in [0.15, 0.2) is 0 Å². The summed E-state index contributed by atoms with van der Waals surface area (Å²) in [5.74, 6) is 0.746. The summed E-state index contributed by atoms with van der Waals surface area (Å²) in [7, 11) is -3.30. The van der Waals surface area contributed by atoms with Gasteiger partial charge in [0, 0.05) is 51.2 Å². The second-order valence-corrected chi connectivity index (χ2v) is 9.71. The quantitative estimate of drug-likeness (QED) is 0.777. The fourth-order valence-electron chi connectivity index (χ4n) is 4.27. The summed E-state index contributed by atoms with van der Waals surface area (Å²) >= 11 is 0. The van der Waals surface area contributed by atoms with Crippen molar-refractivity contribution in [2.45, 2.75) is 25.5 Å². The number of hydrogen-bond donors (Lipinski definition) is 1. The maximum absolute atomic E-state index is 12.1. The Morgan fingerprint density at radius 2 is 1.86 bits per heavy atom. The van der Waals surface area contributed by atoms with Crippen molar-refractivity contribution in [3.05, 3.63) is 47.8 Å². The first-order chi connectivity index (χ1) is 13.8. The van der Waals surface area contributed by atoms with Crippen LogP contribution in [0.1, 0.15) is 24.2 Å². The van der Waals surface area contributed by atoms with Crippen molar-refractivity contribution in [2.24, 2.45) is 0 Å². The Kier molecular flexibility index (Phi) is 5.46. The first-order valence-electron chi connectivity index (χ1n) is 9.87. The molecule has 1 aromatic heterocycles. The molecule has 1 fully saturated rings. The van der Waals surface area contributed by atoms with E-state index in [9.17, 15) is 13.5 Å². The number of fused-ring (bicyclic) bond motifs is 1. The molecule has 0 bridgehead atoms. The van der Waals surface area contributed by atoms with E-state index in [2.05, 4.69) is 19.8 Å². The average molecular weight is 418 g/mol. The predicted octanol–water partition coefficient (Wildman–Crippen LogP) is 1.04. The van der Waals surface area contributed by atoms with Crippen molar-refractivity contribution in [1.29, 1.82) is 0 Å². The van der Waals surface area contributed by atoms with Crippen LogP contribution in [0.2, 0.25) is 0 Å². The Balaban J connectivity index is 1.39. The maximum atomic E-state index is 12.1. The van der Waals surface area contributed by atoms with Gasteiger partial charge in [-0.15, -0.1) is 0 Å². The van der Waals surface area contributed by atoms with Gasteiger partial charge < -0.3 is 10.0 Å². The molecule has 0 saturated carbocycles. The number of benzene rings is 1. The number of nitrogens with zero attached hydrogens (tertiary/aromatic N) is 5. The molecule has 3 heterocycles. The topological polar surface area (TPSA) is 89.9 Å². The number of aliphatic hydroxyl groups is 1. The molecule has 2 atom stereocenters. The molecule has 9 heteroatoms. The molecule has 2 aliphatic rings. The van der Waals surface area contributed by atoms with E-state index in [0.717, 1.165) is 48.9 Å². The molecule has 8 nitrogen and oxygen atoms in total. The Labute approximate surface area is 171 Å². The Morgan fingerprint density at radius 1 is 1.17 bits per heavy atom. The maximum Gasteiger partial charge on any atom is 0.232 e. The van der Waals surface area contributed by atoms with Crippen molar-refractivity contribution in [3.8, 4) is 0 Å². The zero-order valence-electron chi connectivity index (χ0n) is 16.8. The molecule has 1 saturated heterocycles. The van der Waals surface area contributed by atoms with Crippen LogP contribution in [0.25, 0.3) is 0 Å². The van der Waals surface area contributed by atoms with Gasteiger partial charge in [0.1, 0.15) is 0 Å². The largest absolute Gasteiger partial charge is 0.387 e. The summed E-state index contributed by atoms with van der Waals surface area (Å²) in [6.07, 6.45) is 4.79. The van der Waals surface area contributed by atoms with E-state index in [-0.39, 0.29) is 6.04 Å². The second-order valence-electron chi connectivity index (χ2n) is 7.85. The molecule has 2 aliphatic heterocycles. The predicted molar refractivity (Wildman–Crippen MR) is 113 cm³/mol. The molecule has 0 radical (unpaired) electrons. The van der Waals surface area contributed by atoms with Gasteiger partial charge in [-0.2, -0.15) is 0 Å². The first kappa shape index (κ1) is 20.1. The smallest absolute Gasteiger partial charge is 0.232 e. The highest BCUT2D eigenvalue weighted by atomic mass is 32.2. The van der Waals surface area contributed by atoms with Gasteiger partial charge in [0.25, 0.3) is 0 Å². The van der Waals surface area contributed by atoms with Crippen LogP contribution in [0, 0.1) is 0 Å². The molecule has 2 aromatic rings. The Hall–Kier alpha value is -2.23. The number of sulfonamides is 1.